The largest absolute Gasteiger partial charge is 0.294 e. The van der Waals surface area contributed by atoms with Crippen LogP contribution in [0.15, 0.2) is 18.2 Å². The number of rotatable bonds is 1. The van der Waals surface area contributed by atoms with Crippen LogP contribution in [0.3, 0.4) is 0 Å². The fraction of sp³-hybridized carbons (Fsp3) is 0.417. The number of ketones is 1. The molecule has 0 saturated heterocycles. The van der Waals surface area contributed by atoms with E-state index in [1.54, 1.807) is 0 Å². The van der Waals surface area contributed by atoms with Gasteiger partial charge in [-0.3, -0.25) is 4.79 Å². The lowest BCUT2D eigenvalue weighted by molar-refractivity contribution is 0.0989. The molecule has 0 N–H and O–H groups in total. The maximum atomic E-state index is 11.8. The van der Waals surface area contributed by atoms with Crippen LogP contribution >= 0.6 is 11.8 Å². The van der Waals surface area contributed by atoms with Crippen molar-refractivity contribution in [3.63, 3.8) is 0 Å². The SMILES string of the molecule is CCc1ccc2c(c1)C(=O)CCSC2. The molecule has 2 heteroatoms. The summed E-state index contributed by atoms with van der Waals surface area (Å²) in [5, 5.41) is 0. The van der Waals surface area contributed by atoms with Crippen LogP contribution in [0.2, 0.25) is 0 Å². The van der Waals surface area contributed by atoms with Crippen molar-refractivity contribution in [1.82, 2.24) is 0 Å². The Kier molecular flexibility index (Phi) is 2.92. The van der Waals surface area contributed by atoms with E-state index < -0.39 is 0 Å². The standard InChI is InChI=1S/C12H14OS/c1-2-9-3-4-10-8-14-6-5-12(13)11(10)7-9/h3-4,7H,2,5-6,8H2,1H3. The Morgan fingerprint density at radius 2 is 2.29 bits per heavy atom. The average Bonchev–Trinajstić information content (AvgIpc) is 2.40. The summed E-state index contributed by atoms with van der Waals surface area (Å²) in [7, 11) is 0. The van der Waals surface area contributed by atoms with Gasteiger partial charge in [0.15, 0.2) is 5.78 Å². The monoisotopic (exact) mass is 206 g/mol. The zero-order chi connectivity index (χ0) is 9.97. The third-order valence-electron chi connectivity index (χ3n) is 2.61. The van der Waals surface area contributed by atoms with E-state index in [2.05, 4.69) is 25.1 Å². The maximum Gasteiger partial charge on any atom is 0.164 e. The Bertz CT molecular complexity index is 357. The van der Waals surface area contributed by atoms with Crippen LogP contribution in [-0.4, -0.2) is 11.5 Å². The lowest BCUT2D eigenvalue weighted by Gasteiger charge is -2.05. The van der Waals surface area contributed by atoms with Gasteiger partial charge in [-0.15, -0.1) is 0 Å². The Hall–Kier alpha value is -0.760. The van der Waals surface area contributed by atoms with E-state index >= 15 is 0 Å². The first kappa shape index (κ1) is 9.78. The van der Waals surface area contributed by atoms with Gasteiger partial charge in [-0.2, -0.15) is 11.8 Å². The van der Waals surface area contributed by atoms with E-state index in [0.29, 0.717) is 12.2 Å². The molecule has 0 radical (unpaired) electrons. The number of hydrogen-bond acceptors (Lipinski definition) is 2. The second-order valence-corrected chi connectivity index (χ2v) is 4.68. The van der Waals surface area contributed by atoms with Gasteiger partial charge in [0.1, 0.15) is 0 Å². The van der Waals surface area contributed by atoms with Crippen molar-refractivity contribution in [1.29, 1.82) is 0 Å². The molecule has 0 saturated carbocycles. The predicted octanol–water partition coefficient (Wildman–Crippen LogP) is 3.07. The zero-order valence-corrected chi connectivity index (χ0v) is 9.19. The summed E-state index contributed by atoms with van der Waals surface area (Å²) in [5.74, 6) is 2.28. The molecule has 2 rings (SSSR count). The molecule has 0 aliphatic carbocycles. The molecule has 74 valence electrons. The van der Waals surface area contributed by atoms with Crippen molar-refractivity contribution in [3.8, 4) is 0 Å². The van der Waals surface area contributed by atoms with Crippen LogP contribution in [0.4, 0.5) is 0 Å². The first-order valence-corrected chi connectivity index (χ1v) is 6.19. The minimum atomic E-state index is 0.320. The lowest BCUT2D eigenvalue weighted by Crippen LogP contribution is -2.01. The second-order valence-electron chi connectivity index (χ2n) is 3.57. The smallest absolute Gasteiger partial charge is 0.164 e. The molecule has 1 heterocycles. The van der Waals surface area contributed by atoms with Crippen LogP contribution in [-0.2, 0) is 12.2 Å². The van der Waals surface area contributed by atoms with Gasteiger partial charge in [-0.1, -0.05) is 19.1 Å². The van der Waals surface area contributed by atoms with Crippen molar-refractivity contribution in [2.75, 3.05) is 5.75 Å². The molecule has 0 spiro atoms. The fourth-order valence-corrected chi connectivity index (χ4v) is 2.66. The van der Waals surface area contributed by atoms with E-state index in [0.717, 1.165) is 23.5 Å². The number of thioether (sulfide) groups is 1. The molecule has 1 aliphatic heterocycles. The van der Waals surface area contributed by atoms with E-state index in [1.807, 2.05) is 11.8 Å². The Labute approximate surface area is 88.9 Å². The first-order chi connectivity index (χ1) is 6.81. The molecule has 0 atom stereocenters. The van der Waals surface area contributed by atoms with Crippen molar-refractivity contribution >= 4 is 17.5 Å². The summed E-state index contributed by atoms with van der Waals surface area (Å²) in [4.78, 5) is 11.8. The van der Waals surface area contributed by atoms with Crippen molar-refractivity contribution < 1.29 is 4.79 Å². The van der Waals surface area contributed by atoms with E-state index in [4.69, 9.17) is 0 Å². The quantitative estimate of drug-likeness (QED) is 0.702. The predicted molar refractivity (Wildman–Crippen MR) is 60.9 cm³/mol. The van der Waals surface area contributed by atoms with Gasteiger partial charge in [0, 0.05) is 23.5 Å². The highest BCUT2D eigenvalue weighted by Gasteiger charge is 2.15. The molecular weight excluding hydrogens is 192 g/mol. The molecule has 14 heavy (non-hydrogen) atoms. The number of benzene rings is 1. The highest BCUT2D eigenvalue weighted by Crippen LogP contribution is 2.24. The molecule has 0 amide bonds. The molecule has 1 nitrogen and oxygen atoms in total. The van der Waals surface area contributed by atoms with E-state index in [1.165, 1.54) is 11.1 Å². The van der Waals surface area contributed by atoms with E-state index in [9.17, 15) is 4.79 Å². The van der Waals surface area contributed by atoms with Gasteiger partial charge < -0.3 is 0 Å². The number of aryl methyl sites for hydroxylation is 1. The topological polar surface area (TPSA) is 17.1 Å². The molecule has 0 unspecified atom stereocenters. The average molecular weight is 206 g/mol. The number of hydrogen-bond donors (Lipinski definition) is 0. The molecule has 1 aromatic rings. The number of carbonyl (C=O) groups excluding carboxylic acids is 1. The zero-order valence-electron chi connectivity index (χ0n) is 8.38. The molecule has 0 bridgehead atoms. The van der Waals surface area contributed by atoms with Gasteiger partial charge in [0.25, 0.3) is 0 Å². The summed E-state index contributed by atoms with van der Waals surface area (Å²) >= 11 is 1.85. The third kappa shape index (κ3) is 1.85. The van der Waals surface area contributed by atoms with Gasteiger partial charge >= 0.3 is 0 Å². The van der Waals surface area contributed by atoms with Crippen molar-refractivity contribution in [2.24, 2.45) is 0 Å². The van der Waals surface area contributed by atoms with Crippen LogP contribution in [0.25, 0.3) is 0 Å². The normalized spacial score (nSPS) is 16.2. The van der Waals surface area contributed by atoms with Crippen molar-refractivity contribution in [2.45, 2.75) is 25.5 Å². The van der Waals surface area contributed by atoms with Crippen LogP contribution in [0.5, 0.6) is 0 Å². The Balaban J connectivity index is 2.44. The third-order valence-corrected chi connectivity index (χ3v) is 3.62. The summed E-state index contributed by atoms with van der Waals surface area (Å²) in [5.41, 5.74) is 3.45. The summed E-state index contributed by atoms with van der Waals surface area (Å²) in [6, 6.07) is 6.33. The Morgan fingerprint density at radius 1 is 1.43 bits per heavy atom. The maximum absolute atomic E-state index is 11.8. The fourth-order valence-electron chi connectivity index (χ4n) is 1.71. The lowest BCUT2D eigenvalue weighted by atomic mass is 9.99. The minimum Gasteiger partial charge on any atom is -0.294 e. The van der Waals surface area contributed by atoms with Gasteiger partial charge in [0.05, 0.1) is 0 Å². The summed E-state index contributed by atoms with van der Waals surface area (Å²) < 4.78 is 0. The van der Waals surface area contributed by atoms with Gasteiger partial charge in [-0.05, 0) is 23.6 Å². The van der Waals surface area contributed by atoms with Crippen LogP contribution in [0.1, 0.15) is 34.8 Å². The highest BCUT2D eigenvalue weighted by atomic mass is 32.2. The molecule has 1 aromatic carbocycles. The van der Waals surface area contributed by atoms with Crippen LogP contribution in [0, 0.1) is 0 Å². The molecule has 0 aromatic heterocycles. The van der Waals surface area contributed by atoms with Crippen LogP contribution < -0.4 is 0 Å². The first-order valence-electron chi connectivity index (χ1n) is 5.04. The number of fused-ring (bicyclic) bond motifs is 1. The van der Waals surface area contributed by atoms with Gasteiger partial charge in [0.2, 0.25) is 0 Å². The molecule has 1 aliphatic rings. The Morgan fingerprint density at radius 3 is 3.07 bits per heavy atom. The summed E-state index contributed by atoms with van der Waals surface area (Å²) in [6.45, 7) is 2.12. The molecule has 0 fully saturated rings. The molecular formula is C12H14OS. The van der Waals surface area contributed by atoms with Gasteiger partial charge in [-0.25, -0.2) is 0 Å². The number of Topliss-reactive ketones (excluding diaryl/α,β-unsaturated/α-hetero) is 1. The highest BCUT2D eigenvalue weighted by molar-refractivity contribution is 7.98. The summed E-state index contributed by atoms with van der Waals surface area (Å²) in [6.07, 6.45) is 1.71. The minimum absolute atomic E-state index is 0.320. The number of carbonyl (C=O) groups is 1. The van der Waals surface area contributed by atoms with Crippen molar-refractivity contribution in [3.05, 3.63) is 34.9 Å². The van der Waals surface area contributed by atoms with E-state index in [-0.39, 0.29) is 0 Å². The second kappa shape index (κ2) is 4.18.